The fraction of sp³-hybridized carbons (Fsp3) is 0.953. The molecule has 0 unspecified atom stereocenters. The zero-order valence-corrected chi connectivity index (χ0v) is 53.9. The summed E-state index contributed by atoms with van der Waals surface area (Å²) in [4.78, 5) is 41.2. The molecule has 0 saturated carbocycles. The normalized spacial score (nSPS) is 40.6. The van der Waals surface area contributed by atoms with Crippen LogP contribution in [0, 0.1) is 0 Å². The Balaban J connectivity index is 1.34. The van der Waals surface area contributed by atoms with E-state index in [2.05, 4.69) is 20.8 Å². The number of hydrogen-bond donors (Lipinski definition) is 9. The molecule has 0 aliphatic carbocycles. The molecule has 0 amide bonds. The van der Waals surface area contributed by atoms with E-state index in [9.17, 15) is 60.3 Å². The van der Waals surface area contributed by atoms with Gasteiger partial charge < -0.3 is 108 Å². The van der Waals surface area contributed by atoms with Crippen LogP contribution >= 0.6 is 0 Å². The Morgan fingerprint density at radius 1 is 0.427 bits per heavy atom. The van der Waals surface area contributed by atoms with Crippen LogP contribution in [-0.4, -0.2) is 230 Å². The topological polar surface area (TPSA) is 353 Å². The van der Waals surface area contributed by atoms with Crippen molar-refractivity contribution < 1.29 is 122 Å². The molecule has 6 saturated heterocycles. The number of fused-ring (bicyclic) bond motifs is 2. The average Bonchev–Trinajstić information content (AvgIpc) is 1.15. The van der Waals surface area contributed by atoms with Gasteiger partial charge in [0.15, 0.2) is 49.8 Å². The molecule has 25 heteroatoms. The number of unbranched alkanes of at least 4 members (excludes halogenated alkanes) is 12. The first kappa shape index (κ1) is 75.7. The van der Waals surface area contributed by atoms with E-state index in [4.69, 9.17) is 61.6 Å². The fourth-order valence-electron chi connectivity index (χ4n) is 12.7. The monoisotopic (exact) mass is 1280 g/mol. The maximum Gasteiger partial charge on any atom is 0.306 e. The Hall–Kier alpha value is -2.35. The number of hydrogen-bond acceptors (Lipinski definition) is 25. The molecule has 6 fully saturated rings. The molecule has 0 aromatic carbocycles. The summed E-state index contributed by atoms with van der Waals surface area (Å²) < 4.78 is 82.2. The number of carbonyl (C=O) groups is 3. The number of carbonyl (C=O) groups excluding carboxylic acids is 3. The number of esters is 3. The molecule has 518 valence electrons. The fourth-order valence-corrected chi connectivity index (χ4v) is 12.7. The minimum atomic E-state index is -2.01. The lowest BCUT2D eigenvalue weighted by Gasteiger charge is -2.51. The molecule has 26 atom stereocenters. The summed E-state index contributed by atoms with van der Waals surface area (Å²) >= 11 is 0. The highest BCUT2D eigenvalue weighted by Crippen LogP contribution is 2.39. The predicted octanol–water partition coefficient (Wildman–Crippen LogP) is 4.84. The van der Waals surface area contributed by atoms with Gasteiger partial charge in [-0.1, -0.05) is 143 Å². The SMILES string of the molecule is CCCCCCCCCC(=O)O[C@H]1[C@H](O[C@@H]2[C@@H](O)[C@H]3OC(=O)CCCCCCCCC[C@H](CCCCC)O[C@@H]4O[C@H](C)[C@H](O)[C@H](O)[C@H]4O[C@@H]3O[C@H]2C)O[C@@H](C)[C@H](O[C@@H]2O[C@@H](C)[C@H](OC(=O)CCCCCCC)[C@@H](O)[C@H]2O)[C@H]1O[C@@H]1O[C@H](CO)[C@@H](O)[C@H](O)[C@H]1O. The van der Waals surface area contributed by atoms with E-state index >= 15 is 0 Å². The zero-order chi connectivity index (χ0) is 64.7. The van der Waals surface area contributed by atoms with Gasteiger partial charge in [0.1, 0.15) is 79.4 Å². The van der Waals surface area contributed by atoms with Gasteiger partial charge in [-0.05, 0) is 59.8 Å². The van der Waals surface area contributed by atoms with Crippen molar-refractivity contribution in [3.8, 4) is 0 Å². The Bertz CT molecular complexity index is 2010. The number of ether oxygens (including phenoxy) is 13. The highest BCUT2D eigenvalue weighted by molar-refractivity contribution is 5.70. The van der Waals surface area contributed by atoms with Gasteiger partial charge in [-0.2, -0.15) is 0 Å². The van der Waals surface area contributed by atoms with Crippen LogP contribution in [0.3, 0.4) is 0 Å². The third-order valence-electron chi connectivity index (χ3n) is 18.2. The average molecular weight is 1280 g/mol. The van der Waals surface area contributed by atoms with Crippen molar-refractivity contribution in [1.29, 1.82) is 0 Å². The first-order valence-corrected chi connectivity index (χ1v) is 33.9. The molecule has 0 aromatic rings. The van der Waals surface area contributed by atoms with Crippen molar-refractivity contribution in [2.24, 2.45) is 0 Å². The molecular formula is C64H112O25. The molecule has 6 rings (SSSR count). The molecular weight excluding hydrogens is 1170 g/mol. The van der Waals surface area contributed by atoms with Crippen LogP contribution in [0.25, 0.3) is 0 Å². The standard InChI is InChI=1S/C64H112O25/c1-8-11-14-16-18-23-29-34-44(68)85-59-58(89-61-50(74)47(71)46(70)41(35-65)82-61)55(87-60-51(75)49(73)53(37(5)78-60)83-42(66)32-27-21-15-12-9-2)39(7)80-64(59)86-54-38(6)79-63-57(52(54)76)84-43(67)33-28-24-20-17-19-22-26-31-40(30-25-13-10-3)81-62-56(88-63)48(72)45(69)36(4)77-62/h36-41,45-65,69-76H,8-35H2,1-7H3/t36-,37+,38+,39+,40+,41-,45+,46-,47+,48+,49+,50-,51-,52-,53+,54+,55+,56-,57-,58-,59-,60+,61+,62+,63+,64+/m1/s1. The molecule has 6 aliphatic heterocycles. The molecule has 9 N–H and O–H groups in total. The Kier molecular flexibility index (Phi) is 33.1. The highest BCUT2D eigenvalue weighted by atomic mass is 16.8. The minimum absolute atomic E-state index is 0.0355. The summed E-state index contributed by atoms with van der Waals surface area (Å²) in [6.45, 7) is 11.6. The van der Waals surface area contributed by atoms with Gasteiger partial charge in [-0.15, -0.1) is 0 Å². The second-order valence-corrected chi connectivity index (χ2v) is 25.6. The zero-order valence-electron chi connectivity index (χ0n) is 53.9. The van der Waals surface area contributed by atoms with E-state index in [-0.39, 0.29) is 25.4 Å². The third kappa shape index (κ3) is 22.1. The quantitative estimate of drug-likeness (QED) is 0.0302. The molecule has 0 bridgehead atoms. The van der Waals surface area contributed by atoms with Crippen molar-refractivity contribution in [3.05, 3.63) is 0 Å². The first-order valence-electron chi connectivity index (χ1n) is 33.9. The molecule has 89 heavy (non-hydrogen) atoms. The van der Waals surface area contributed by atoms with Gasteiger partial charge in [0, 0.05) is 19.3 Å². The molecule has 0 aromatic heterocycles. The van der Waals surface area contributed by atoms with Gasteiger partial charge in [0.2, 0.25) is 0 Å². The van der Waals surface area contributed by atoms with E-state index < -0.39 is 178 Å². The molecule has 0 spiro atoms. The maximum atomic E-state index is 14.3. The summed E-state index contributed by atoms with van der Waals surface area (Å²) in [6.07, 6.45) is -19.3. The Morgan fingerprint density at radius 3 is 1.56 bits per heavy atom. The van der Waals surface area contributed by atoms with Gasteiger partial charge in [0.05, 0.1) is 37.1 Å². The van der Waals surface area contributed by atoms with Crippen molar-refractivity contribution in [1.82, 2.24) is 0 Å². The summed E-state index contributed by atoms with van der Waals surface area (Å²) in [5.74, 6) is -2.08. The van der Waals surface area contributed by atoms with Crippen LogP contribution in [0.15, 0.2) is 0 Å². The van der Waals surface area contributed by atoms with E-state index in [1.807, 2.05) is 0 Å². The Morgan fingerprint density at radius 2 is 0.921 bits per heavy atom. The minimum Gasteiger partial charge on any atom is -0.457 e. The van der Waals surface area contributed by atoms with Crippen LogP contribution < -0.4 is 0 Å². The lowest BCUT2D eigenvalue weighted by atomic mass is 9.95. The largest absolute Gasteiger partial charge is 0.457 e. The number of aliphatic hydroxyl groups is 9. The van der Waals surface area contributed by atoms with Crippen molar-refractivity contribution in [3.63, 3.8) is 0 Å². The first-order chi connectivity index (χ1) is 42.7. The van der Waals surface area contributed by atoms with Crippen molar-refractivity contribution in [2.45, 2.75) is 381 Å². The van der Waals surface area contributed by atoms with Crippen molar-refractivity contribution in [2.75, 3.05) is 6.61 Å². The van der Waals surface area contributed by atoms with Crippen LogP contribution in [0.4, 0.5) is 0 Å². The van der Waals surface area contributed by atoms with Crippen molar-refractivity contribution >= 4 is 17.9 Å². The predicted molar refractivity (Wildman–Crippen MR) is 317 cm³/mol. The van der Waals surface area contributed by atoms with Gasteiger partial charge >= 0.3 is 17.9 Å². The van der Waals surface area contributed by atoms with E-state index in [1.165, 1.54) is 20.8 Å². The van der Waals surface area contributed by atoms with Gasteiger partial charge in [0.25, 0.3) is 0 Å². The van der Waals surface area contributed by atoms with Crippen LogP contribution in [-0.2, 0) is 76.0 Å². The number of aliphatic hydroxyl groups excluding tert-OH is 9. The summed E-state index contributed by atoms with van der Waals surface area (Å²) in [7, 11) is 0. The third-order valence-corrected chi connectivity index (χ3v) is 18.2. The van der Waals surface area contributed by atoms with E-state index in [0.717, 1.165) is 116 Å². The molecule has 6 aliphatic rings. The molecule has 0 radical (unpaired) electrons. The lowest BCUT2D eigenvalue weighted by molar-refractivity contribution is -0.400. The summed E-state index contributed by atoms with van der Waals surface area (Å²) in [5.41, 5.74) is 0. The molecule has 25 nitrogen and oxygen atoms in total. The lowest BCUT2D eigenvalue weighted by Crippen LogP contribution is -2.68. The highest BCUT2D eigenvalue weighted by Gasteiger charge is 2.59. The second kappa shape index (κ2) is 38.9. The number of rotatable bonds is 27. The Labute approximate surface area is 526 Å². The molecule has 6 heterocycles. The second-order valence-electron chi connectivity index (χ2n) is 25.6. The van der Waals surface area contributed by atoms with Crippen LogP contribution in [0.1, 0.15) is 222 Å². The van der Waals surface area contributed by atoms with Gasteiger partial charge in [-0.25, -0.2) is 0 Å². The van der Waals surface area contributed by atoms with Crippen LogP contribution in [0.5, 0.6) is 0 Å². The van der Waals surface area contributed by atoms with Crippen LogP contribution in [0.2, 0.25) is 0 Å². The summed E-state index contributed by atoms with van der Waals surface area (Å²) in [6, 6.07) is 0. The van der Waals surface area contributed by atoms with Gasteiger partial charge in [-0.3, -0.25) is 14.4 Å². The van der Waals surface area contributed by atoms with E-state index in [0.29, 0.717) is 38.5 Å². The smallest absolute Gasteiger partial charge is 0.306 e. The van der Waals surface area contributed by atoms with E-state index in [1.54, 1.807) is 6.92 Å². The maximum absolute atomic E-state index is 14.3. The summed E-state index contributed by atoms with van der Waals surface area (Å²) in [5, 5.41) is 103.